The maximum absolute atomic E-state index is 11.3. The minimum atomic E-state index is -0.227. The summed E-state index contributed by atoms with van der Waals surface area (Å²) >= 11 is 0. The minimum Gasteiger partial charge on any atom is -0.369 e. The summed E-state index contributed by atoms with van der Waals surface area (Å²) < 4.78 is 0.448. The van der Waals surface area contributed by atoms with Gasteiger partial charge in [-0.1, -0.05) is 0 Å². The lowest BCUT2D eigenvalue weighted by Gasteiger charge is -2.36. The third-order valence-electron chi connectivity index (χ3n) is 3.10. The van der Waals surface area contributed by atoms with Gasteiger partial charge in [0.1, 0.15) is 0 Å². The van der Waals surface area contributed by atoms with E-state index in [4.69, 9.17) is 5.73 Å². The van der Waals surface area contributed by atoms with Crippen molar-refractivity contribution in [3.05, 3.63) is 0 Å². The molecule has 0 aromatic carbocycles. The van der Waals surface area contributed by atoms with E-state index in [1.165, 1.54) is 0 Å². The van der Waals surface area contributed by atoms with E-state index in [0.29, 0.717) is 4.48 Å². The Kier molecular flexibility index (Phi) is 2.71. The molecule has 74 valence electrons. The Balaban J connectivity index is 2.56. The zero-order valence-corrected chi connectivity index (χ0v) is 8.25. The second kappa shape index (κ2) is 3.46. The van der Waals surface area contributed by atoms with Gasteiger partial charge in [-0.05, 0) is 0 Å². The molecule has 1 aliphatic heterocycles. The summed E-state index contributed by atoms with van der Waals surface area (Å²) in [4.78, 5) is 22.1. The van der Waals surface area contributed by atoms with Crippen molar-refractivity contribution >= 4 is 11.8 Å². The van der Waals surface area contributed by atoms with Crippen molar-refractivity contribution in [1.29, 1.82) is 0 Å². The Labute approximate surface area is 78.3 Å². The van der Waals surface area contributed by atoms with Crippen LogP contribution in [-0.4, -0.2) is 36.4 Å². The summed E-state index contributed by atoms with van der Waals surface area (Å²) in [7, 11) is 1.92. The molecule has 0 aromatic rings. The monoisotopic (exact) mass is 185 g/mol. The van der Waals surface area contributed by atoms with Gasteiger partial charge in [0, 0.05) is 18.8 Å². The van der Waals surface area contributed by atoms with Gasteiger partial charge in [0.05, 0.1) is 27.1 Å². The van der Waals surface area contributed by atoms with Gasteiger partial charge in [0.15, 0.2) is 0 Å². The highest BCUT2D eigenvalue weighted by Gasteiger charge is 2.35. The van der Waals surface area contributed by atoms with Crippen molar-refractivity contribution in [3.8, 4) is 0 Å². The number of hydrogen-bond acceptors (Lipinski definition) is 2. The van der Waals surface area contributed by atoms with Gasteiger partial charge < -0.3 is 5.73 Å². The van der Waals surface area contributed by atoms with E-state index in [-0.39, 0.29) is 17.7 Å². The first-order chi connectivity index (χ1) is 5.96. The standard InChI is InChI=1S/C9H16N2O2/c1-7(12)11(2)5-3-8(4-6-11)9(10)13/h8H,3-6H2,1-2H3,(H-,10,13)/p+1. The first-order valence-electron chi connectivity index (χ1n) is 4.61. The molecule has 0 radical (unpaired) electrons. The minimum absolute atomic E-state index is 0.0226. The molecule has 0 bridgehead atoms. The molecule has 0 aromatic heterocycles. The zero-order chi connectivity index (χ0) is 10.1. The molecular weight excluding hydrogens is 168 g/mol. The molecule has 1 heterocycles. The average Bonchev–Trinajstić information content (AvgIpc) is 2.04. The Hall–Kier alpha value is -0.900. The number of carbonyl (C=O) groups is 2. The maximum atomic E-state index is 11.3. The molecule has 0 unspecified atom stereocenters. The smallest absolute Gasteiger partial charge is 0.310 e. The van der Waals surface area contributed by atoms with Crippen LogP contribution in [0.3, 0.4) is 0 Å². The Morgan fingerprint density at radius 1 is 1.31 bits per heavy atom. The summed E-state index contributed by atoms with van der Waals surface area (Å²) in [5.74, 6) is -0.0803. The first-order valence-corrected chi connectivity index (χ1v) is 4.61. The van der Waals surface area contributed by atoms with E-state index in [9.17, 15) is 9.59 Å². The molecule has 0 saturated carbocycles. The average molecular weight is 185 g/mol. The van der Waals surface area contributed by atoms with Crippen molar-refractivity contribution in [2.24, 2.45) is 11.7 Å². The quantitative estimate of drug-likeness (QED) is 0.579. The van der Waals surface area contributed by atoms with Gasteiger partial charge >= 0.3 is 5.91 Å². The van der Waals surface area contributed by atoms with Gasteiger partial charge in [-0.15, -0.1) is 0 Å². The van der Waals surface area contributed by atoms with E-state index in [1.807, 2.05) is 7.05 Å². The highest BCUT2D eigenvalue weighted by Crippen LogP contribution is 2.21. The zero-order valence-electron chi connectivity index (χ0n) is 8.25. The first kappa shape index (κ1) is 10.2. The van der Waals surface area contributed by atoms with Crippen molar-refractivity contribution in [2.75, 3.05) is 20.1 Å². The SMILES string of the molecule is CC(=O)[N+]1(C)CCC(C(N)=O)CC1. The summed E-state index contributed by atoms with van der Waals surface area (Å²) in [5, 5.41) is 0. The number of nitrogens with zero attached hydrogens (tertiary/aromatic N) is 1. The lowest BCUT2D eigenvalue weighted by molar-refractivity contribution is -0.840. The molecule has 0 atom stereocenters. The van der Waals surface area contributed by atoms with E-state index < -0.39 is 0 Å². The highest BCUT2D eigenvalue weighted by atomic mass is 16.2. The summed E-state index contributed by atoms with van der Waals surface area (Å²) in [6.07, 6.45) is 1.48. The molecule has 0 spiro atoms. The van der Waals surface area contributed by atoms with Crippen LogP contribution in [0.4, 0.5) is 0 Å². The molecule has 1 saturated heterocycles. The largest absolute Gasteiger partial charge is 0.369 e. The molecule has 4 heteroatoms. The van der Waals surface area contributed by atoms with Crippen molar-refractivity contribution < 1.29 is 14.1 Å². The summed E-state index contributed by atoms with van der Waals surface area (Å²) in [5.41, 5.74) is 5.20. The third kappa shape index (κ3) is 2.06. The molecule has 13 heavy (non-hydrogen) atoms. The van der Waals surface area contributed by atoms with Crippen LogP contribution in [0.15, 0.2) is 0 Å². The van der Waals surface area contributed by atoms with E-state index >= 15 is 0 Å². The number of rotatable bonds is 1. The van der Waals surface area contributed by atoms with Crippen molar-refractivity contribution in [3.63, 3.8) is 0 Å². The molecule has 2 N–H and O–H groups in total. The van der Waals surface area contributed by atoms with Crippen LogP contribution in [0.1, 0.15) is 19.8 Å². The van der Waals surface area contributed by atoms with E-state index in [1.54, 1.807) is 6.92 Å². The number of likely N-dealkylation sites (tertiary alicyclic amines) is 1. The molecule has 2 amide bonds. The van der Waals surface area contributed by atoms with Crippen LogP contribution < -0.4 is 5.73 Å². The fraction of sp³-hybridized carbons (Fsp3) is 0.778. The number of primary amides is 1. The van der Waals surface area contributed by atoms with Crippen LogP contribution in [0.5, 0.6) is 0 Å². The molecule has 1 rings (SSSR count). The van der Waals surface area contributed by atoms with Crippen LogP contribution in [0.2, 0.25) is 0 Å². The number of nitrogens with two attached hydrogens (primary N) is 1. The number of quaternary nitrogens is 1. The molecule has 1 aliphatic rings. The van der Waals surface area contributed by atoms with Gasteiger partial charge in [0.25, 0.3) is 0 Å². The van der Waals surface area contributed by atoms with Gasteiger partial charge in [0.2, 0.25) is 5.91 Å². The normalized spacial score (nSPS) is 34.2. The lowest BCUT2D eigenvalue weighted by Crippen LogP contribution is -2.54. The van der Waals surface area contributed by atoms with Gasteiger partial charge in [-0.2, -0.15) is 0 Å². The third-order valence-corrected chi connectivity index (χ3v) is 3.10. The maximum Gasteiger partial charge on any atom is 0.310 e. The highest BCUT2D eigenvalue weighted by molar-refractivity contribution is 5.76. The predicted molar refractivity (Wildman–Crippen MR) is 48.5 cm³/mol. The Morgan fingerprint density at radius 2 is 1.77 bits per heavy atom. The number of amides is 2. The summed E-state index contributed by atoms with van der Waals surface area (Å²) in [6.45, 7) is 3.08. The van der Waals surface area contributed by atoms with Crippen LogP contribution in [0, 0.1) is 5.92 Å². The molecular formula is C9H17N2O2+. The van der Waals surface area contributed by atoms with Gasteiger partial charge in [-0.25, -0.2) is 4.79 Å². The van der Waals surface area contributed by atoms with Crippen LogP contribution >= 0.6 is 0 Å². The Bertz CT molecular complexity index is 230. The lowest BCUT2D eigenvalue weighted by atomic mass is 9.95. The number of hydrogen-bond donors (Lipinski definition) is 1. The fourth-order valence-corrected chi connectivity index (χ4v) is 1.74. The Morgan fingerprint density at radius 3 is 2.08 bits per heavy atom. The van der Waals surface area contributed by atoms with E-state index in [0.717, 1.165) is 25.9 Å². The van der Waals surface area contributed by atoms with Crippen LogP contribution in [0.25, 0.3) is 0 Å². The van der Waals surface area contributed by atoms with E-state index in [2.05, 4.69) is 0 Å². The topological polar surface area (TPSA) is 60.2 Å². The van der Waals surface area contributed by atoms with Gasteiger partial charge in [-0.3, -0.25) is 9.28 Å². The molecule has 0 aliphatic carbocycles. The van der Waals surface area contributed by atoms with Crippen molar-refractivity contribution in [1.82, 2.24) is 0 Å². The molecule has 1 fully saturated rings. The second-order valence-corrected chi connectivity index (χ2v) is 4.04. The fourth-order valence-electron chi connectivity index (χ4n) is 1.74. The van der Waals surface area contributed by atoms with Crippen LogP contribution in [-0.2, 0) is 9.59 Å². The molecule has 4 nitrogen and oxygen atoms in total. The number of piperidine rings is 1. The predicted octanol–water partition coefficient (Wildman–Crippen LogP) is -0.125. The summed E-state index contributed by atoms with van der Waals surface area (Å²) in [6, 6.07) is 0. The van der Waals surface area contributed by atoms with Crippen molar-refractivity contribution in [2.45, 2.75) is 19.8 Å². The number of carbonyl (C=O) groups excluding carboxylic acids is 2. The second-order valence-electron chi connectivity index (χ2n) is 4.04.